The third-order valence-electron chi connectivity index (χ3n) is 2.82. The molecule has 8 heteroatoms. The van der Waals surface area contributed by atoms with Crippen molar-refractivity contribution in [1.82, 2.24) is 15.4 Å². The lowest BCUT2D eigenvalue weighted by Crippen LogP contribution is -2.56. The SMILES string of the molecule is COCc1cc(CN2CC(=O)NCC2C(=O)O)no1. The van der Waals surface area contributed by atoms with Crippen LogP contribution in [-0.4, -0.2) is 53.3 Å². The average Bonchev–Trinajstić information content (AvgIpc) is 2.77. The van der Waals surface area contributed by atoms with Crippen molar-refractivity contribution in [2.24, 2.45) is 0 Å². The van der Waals surface area contributed by atoms with Gasteiger partial charge in [-0.2, -0.15) is 0 Å². The zero-order valence-electron chi connectivity index (χ0n) is 10.5. The van der Waals surface area contributed by atoms with Gasteiger partial charge in [-0.25, -0.2) is 0 Å². The van der Waals surface area contributed by atoms with Gasteiger partial charge in [0, 0.05) is 26.3 Å². The lowest BCUT2D eigenvalue weighted by Gasteiger charge is -2.31. The standard InChI is InChI=1S/C11H15N3O5/c1-18-6-8-2-7(13-19-8)4-14-5-10(15)12-3-9(14)11(16)17/h2,9H,3-6H2,1H3,(H,12,15)(H,16,17). The molecule has 1 aromatic heterocycles. The van der Waals surface area contributed by atoms with E-state index in [4.69, 9.17) is 14.4 Å². The molecule has 0 spiro atoms. The Labute approximate surface area is 109 Å². The lowest BCUT2D eigenvalue weighted by atomic mass is 10.2. The van der Waals surface area contributed by atoms with Crippen LogP contribution in [0.4, 0.5) is 0 Å². The molecular weight excluding hydrogens is 254 g/mol. The Bertz CT molecular complexity index is 473. The third kappa shape index (κ3) is 3.30. The minimum absolute atomic E-state index is 0.0312. The maximum Gasteiger partial charge on any atom is 0.322 e. The number of ether oxygens (including phenoxy) is 1. The zero-order valence-corrected chi connectivity index (χ0v) is 10.5. The molecule has 1 aliphatic rings. The summed E-state index contributed by atoms with van der Waals surface area (Å²) in [5, 5.41) is 15.5. The lowest BCUT2D eigenvalue weighted by molar-refractivity contribution is -0.146. The molecular formula is C11H15N3O5. The Hall–Kier alpha value is -1.93. The van der Waals surface area contributed by atoms with Crippen LogP contribution in [-0.2, 0) is 27.5 Å². The summed E-state index contributed by atoms with van der Waals surface area (Å²) in [4.78, 5) is 24.0. The van der Waals surface area contributed by atoms with Gasteiger partial charge in [0.1, 0.15) is 12.6 Å². The number of carboxylic acid groups (broad SMARTS) is 1. The number of carboxylic acids is 1. The summed E-state index contributed by atoms with van der Waals surface area (Å²) in [5.41, 5.74) is 0.577. The monoisotopic (exact) mass is 269 g/mol. The van der Waals surface area contributed by atoms with E-state index in [1.807, 2.05) is 0 Å². The number of nitrogens with zero attached hydrogens (tertiary/aromatic N) is 2. The number of hydrogen-bond donors (Lipinski definition) is 2. The summed E-state index contributed by atoms with van der Waals surface area (Å²) in [7, 11) is 1.54. The molecule has 1 aliphatic heterocycles. The molecule has 0 bridgehead atoms. The number of aliphatic carboxylic acids is 1. The number of hydrogen-bond acceptors (Lipinski definition) is 6. The van der Waals surface area contributed by atoms with E-state index in [1.54, 1.807) is 11.0 Å². The van der Waals surface area contributed by atoms with Gasteiger partial charge in [0.05, 0.1) is 12.2 Å². The van der Waals surface area contributed by atoms with Crippen LogP contribution in [0.2, 0.25) is 0 Å². The molecule has 8 nitrogen and oxygen atoms in total. The predicted octanol–water partition coefficient (Wildman–Crippen LogP) is -0.794. The Kier molecular flexibility index (Phi) is 4.13. The first-order chi connectivity index (χ1) is 9.10. The highest BCUT2D eigenvalue weighted by molar-refractivity contribution is 5.83. The molecule has 0 aromatic carbocycles. The fourth-order valence-electron chi connectivity index (χ4n) is 1.95. The van der Waals surface area contributed by atoms with E-state index >= 15 is 0 Å². The molecule has 0 saturated carbocycles. The largest absolute Gasteiger partial charge is 0.480 e. The van der Waals surface area contributed by atoms with Crippen LogP contribution in [0.3, 0.4) is 0 Å². The van der Waals surface area contributed by atoms with E-state index in [0.717, 1.165) is 0 Å². The first-order valence-electron chi connectivity index (χ1n) is 5.77. The molecule has 1 saturated heterocycles. The van der Waals surface area contributed by atoms with Crippen molar-refractivity contribution in [2.45, 2.75) is 19.2 Å². The van der Waals surface area contributed by atoms with Crippen molar-refractivity contribution in [3.05, 3.63) is 17.5 Å². The van der Waals surface area contributed by atoms with Gasteiger partial charge in [-0.05, 0) is 0 Å². The molecule has 1 fully saturated rings. The minimum atomic E-state index is -0.972. The Balaban J connectivity index is 2.05. The van der Waals surface area contributed by atoms with Gasteiger partial charge in [-0.1, -0.05) is 5.16 Å². The molecule has 2 rings (SSSR count). The number of nitrogens with one attached hydrogen (secondary N) is 1. The van der Waals surface area contributed by atoms with Gasteiger partial charge in [0.25, 0.3) is 0 Å². The van der Waals surface area contributed by atoms with Crippen LogP contribution in [0.25, 0.3) is 0 Å². The molecule has 1 atom stereocenters. The van der Waals surface area contributed by atoms with Crippen molar-refractivity contribution in [3.8, 4) is 0 Å². The molecule has 1 amide bonds. The van der Waals surface area contributed by atoms with Crippen LogP contribution in [0.15, 0.2) is 10.6 Å². The van der Waals surface area contributed by atoms with Gasteiger partial charge in [0.15, 0.2) is 5.76 Å². The van der Waals surface area contributed by atoms with Gasteiger partial charge in [-0.15, -0.1) is 0 Å². The van der Waals surface area contributed by atoms with Crippen molar-refractivity contribution >= 4 is 11.9 Å². The highest BCUT2D eigenvalue weighted by atomic mass is 16.5. The highest BCUT2D eigenvalue weighted by Crippen LogP contribution is 2.12. The van der Waals surface area contributed by atoms with Crippen molar-refractivity contribution in [1.29, 1.82) is 0 Å². The topological polar surface area (TPSA) is 105 Å². The maximum absolute atomic E-state index is 11.3. The molecule has 19 heavy (non-hydrogen) atoms. The Morgan fingerprint density at radius 3 is 3.21 bits per heavy atom. The van der Waals surface area contributed by atoms with Crippen LogP contribution in [0.5, 0.6) is 0 Å². The van der Waals surface area contributed by atoms with E-state index in [2.05, 4.69) is 10.5 Å². The van der Waals surface area contributed by atoms with Crippen LogP contribution in [0, 0.1) is 0 Å². The molecule has 2 heterocycles. The third-order valence-corrected chi connectivity index (χ3v) is 2.82. The second kappa shape index (κ2) is 5.81. The molecule has 1 unspecified atom stereocenters. The molecule has 0 radical (unpaired) electrons. The van der Waals surface area contributed by atoms with E-state index in [1.165, 1.54) is 7.11 Å². The highest BCUT2D eigenvalue weighted by Gasteiger charge is 2.32. The first kappa shape index (κ1) is 13.5. The Morgan fingerprint density at radius 2 is 2.53 bits per heavy atom. The molecule has 0 aliphatic carbocycles. The molecule has 104 valence electrons. The summed E-state index contributed by atoms with van der Waals surface area (Å²) >= 11 is 0. The summed E-state index contributed by atoms with van der Waals surface area (Å²) in [6.45, 7) is 0.674. The maximum atomic E-state index is 11.3. The summed E-state index contributed by atoms with van der Waals surface area (Å²) in [5.74, 6) is -0.607. The number of piperazine rings is 1. The number of rotatable bonds is 5. The number of carbonyl (C=O) groups is 2. The normalized spacial score (nSPS) is 20.3. The fraction of sp³-hybridized carbons (Fsp3) is 0.545. The summed E-state index contributed by atoms with van der Waals surface area (Å²) in [6.07, 6.45) is 0. The zero-order chi connectivity index (χ0) is 13.8. The van der Waals surface area contributed by atoms with Crippen molar-refractivity contribution < 1.29 is 24.0 Å². The van der Waals surface area contributed by atoms with E-state index < -0.39 is 12.0 Å². The first-order valence-corrected chi connectivity index (χ1v) is 5.77. The van der Waals surface area contributed by atoms with Gasteiger partial charge in [0.2, 0.25) is 5.91 Å². The van der Waals surface area contributed by atoms with Gasteiger partial charge in [-0.3, -0.25) is 14.5 Å². The molecule has 1 aromatic rings. The summed E-state index contributed by atoms with van der Waals surface area (Å²) < 4.78 is 9.92. The second-order valence-electron chi connectivity index (χ2n) is 4.28. The average molecular weight is 269 g/mol. The van der Waals surface area contributed by atoms with E-state index in [0.29, 0.717) is 18.1 Å². The quantitative estimate of drug-likeness (QED) is 0.721. The van der Waals surface area contributed by atoms with E-state index in [-0.39, 0.29) is 25.5 Å². The Morgan fingerprint density at radius 1 is 1.74 bits per heavy atom. The summed E-state index contributed by atoms with van der Waals surface area (Å²) in [6, 6.07) is 0.940. The number of methoxy groups -OCH3 is 1. The fourth-order valence-corrected chi connectivity index (χ4v) is 1.95. The van der Waals surface area contributed by atoms with Crippen molar-refractivity contribution in [3.63, 3.8) is 0 Å². The minimum Gasteiger partial charge on any atom is -0.480 e. The smallest absolute Gasteiger partial charge is 0.322 e. The van der Waals surface area contributed by atoms with E-state index in [9.17, 15) is 9.59 Å². The van der Waals surface area contributed by atoms with Crippen LogP contribution >= 0.6 is 0 Å². The predicted molar refractivity (Wildman–Crippen MR) is 62.1 cm³/mol. The van der Waals surface area contributed by atoms with Crippen molar-refractivity contribution in [2.75, 3.05) is 20.2 Å². The van der Waals surface area contributed by atoms with Crippen LogP contribution < -0.4 is 5.32 Å². The van der Waals surface area contributed by atoms with Gasteiger partial charge < -0.3 is 19.7 Å². The van der Waals surface area contributed by atoms with Crippen LogP contribution in [0.1, 0.15) is 11.5 Å². The molecule has 2 N–H and O–H groups in total. The van der Waals surface area contributed by atoms with Gasteiger partial charge >= 0.3 is 5.97 Å². The second-order valence-corrected chi connectivity index (χ2v) is 4.28. The number of carbonyl (C=O) groups excluding carboxylic acids is 1. The number of amides is 1. The number of aromatic nitrogens is 1.